The third-order valence-electron chi connectivity index (χ3n) is 3.08. The van der Waals surface area contributed by atoms with Gasteiger partial charge in [-0.3, -0.25) is 0 Å². The van der Waals surface area contributed by atoms with Crippen molar-refractivity contribution in [1.82, 2.24) is 0 Å². The van der Waals surface area contributed by atoms with Gasteiger partial charge in [-0.05, 0) is 25.2 Å². The molecule has 0 aliphatic heterocycles. The first-order chi connectivity index (χ1) is 5.75. The zero-order valence-corrected chi connectivity index (χ0v) is 8.18. The van der Waals surface area contributed by atoms with Crippen molar-refractivity contribution >= 4 is 17.9 Å². The number of carbonyl (C=O) groups is 1. The predicted octanol–water partition coefficient (Wildman–Crippen LogP) is 3.13. The summed E-state index contributed by atoms with van der Waals surface area (Å²) in [6, 6.07) is 0. The fourth-order valence-corrected chi connectivity index (χ4v) is 2.15. The van der Waals surface area contributed by atoms with Crippen LogP contribution in [0.5, 0.6) is 0 Å². The van der Waals surface area contributed by atoms with Crippen molar-refractivity contribution in [2.45, 2.75) is 32.6 Å². The van der Waals surface area contributed by atoms with Gasteiger partial charge in [-0.25, -0.2) is 0 Å². The Morgan fingerprint density at radius 3 is 2.83 bits per heavy atom. The molecule has 1 aliphatic carbocycles. The van der Waals surface area contributed by atoms with Crippen LogP contribution in [-0.4, -0.2) is 6.29 Å². The van der Waals surface area contributed by atoms with Crippen LogP contribution in [0.15, 0.2) is 11.6 Å². The molecular weight excluding hydrogens is 172 g/mol. The van der Waals surface area contributed by atoms with E-state index >= 15 is 0 Å². The molecule has 2 heteroatoms. The van der Waals surface area contributed by atoms with Gasteiger partial charge in [-0.2, -0.15) is 0 Å². The van der Waals surface area contributed by atoms with E-state index in [1.165, 1.54) is 18.4 Å². The summed E-state index contributed by atoms with van der Waals surface area (Å²) in [7, 11) is 0. The van der Waals surface area contributed by atoms with Crippen LogP contribution >= 0.6 is 11.6 Å². The van der Waals surface area contributed by atoms with E-state index in [1.54, 1.807) is 0 Å². The third kappa shape index (κ3) is 1.71. The van der Waals surface area contributed by atoms with E-state index in [4.69, 9.17) is 11.6 Å². The Kier molecular flexibility index (Phi) is 3.33. The fourth-order valence-electron chi connectivity index (χ4n) is 2.06. The number of hydrogen-bond donors (Lipinski definition) is 0. The Morgan fingerprint density at radius 1 is 1.67 bits per heavy atom. The van der Waals surface area contributed by atoms with Crippen molar-refractivity contribution < 1.29 is 4.79 Å². The molecule has 0 heterocycles. The summed E-state index contributed by atoms with van der Waals surface area (Å²) in [5, 5.41) is 0. The highest BCUT2D eigenvalue weighted by atomic mass is 35.5. The number of halogens is 1. The second kappa shape index (κ2) is 4.08. The van der Waals surface area contributed by atoms with Crippen molar-refractivity contribution in [1.29, 1.82) is 0 Å². The lowest BCUT2D eigenvalue weighted by Crippen LogP contribution is -2.24. The smallest absolute Gasteiger partial charge is 0.126 e. The minimum atomic E-state index is -0.106. The van der Waals surface area contributed by atoms with Crippen LogP contribution in [0, 0.1) is 11.3 Å². The minimum absolute atomic E-state index is 0.106. The molecule has 0 spiro atoms. The highest BCUT2D eigenvalue weighted by Gasteiger charge is 2.38. The molecule has 1 saturated carbocycles. The zero-order chi connectivity index (χ0) is 9.03. The molecule has 12 heavy (non-hydrogen) atoms. The standard InChI is InChI=1S/C10H15ClO/c1-9-4-2-5-10(9,8-12)6-3-7-11/h3,7-9H,2,4-6H2,1H3/b7-3+. The van der Waals surface area contributed by atoms with Gasteiger partial charge in [0.05, 0.1) is 0 Å². The molecule has 0 N–H and O–H groups in total. The monoisotopic (exact) mass is 186 g/mol. The van der Waals surface area contributed by atoms with Crippen molar-refractivity contribution in [2.75, 3.05) is 0 Å². The van der Waals surface area contributed by atoms with Crippen molar-refractivity contribution in [3.63, 3.8) is 0 Å². The molecule has 0 bridgehead atoms. The maximum atomic E-state index is 11.0. The Bertz CT molecular complexity index is 188. The number of aldehydes is 1. The lowest BCUT2D eigenvalue weighted by Gasteiger charge is -2.25. The van der Waals surface area contributed by atoms with E-state index in [2.05, 4.69) is 6.92 Å². The van der Waals surface area contributed by atoms with Crippen LogP contribution < -0.4 is 0 Å². The molecule has 1 aliphatic rings. The summed E-state index contributed by atoms with van der Waals surface area (Å²) in [6.07, 6.45) is 7.20. The van der Waals surface area contributed by atoms with E-state index < -0.39 is 0 Å². The molecule has 1 fully saturated rings. The van der Waals surface area contributed by atoms with Crippen LogP contribution in [0.2, 0.25) is 0 Å². The largest absolute Gasteiger partial charge is 0.303 e. The topological polar surface area (TPSA) is 17.1 Å². The quantitative estimate of drug-likeness (QED) is 0.619. The predicted molar refractivity (Wildman–Crippen MR) is 51.1 cm³/mol. The number of hydrogen-bond acceptors (Lipinski definition) is 1. The van der Waals surface area contributed by atoms with E-state index in [0.29, 0.717) is 5.92 Å². The molecule has 1 nitrogen and oxygen atoms in total. The molecule has 1 rings (SSSR count). The van der Waals surface area contributed by atoms with E-state index in [-0.39, 0.29) is 5.41 Å². The van der Waals surface area contributed by atoms with Gasteiger partial charge >= 0.3 is 0 Å². The fraction of sp³-hybridized carbons (Fsp3) is 0.700. The lowest BCUT2D eigenvalue weighted by molar-refractivity contribution is -0.117. The first-order valence-corrected chi connectivity index (χ1v) is 4.90. The molecule has 0 aromatic heterocycles. The van der Waals surface area contributed by atoms with E-state index in [1.807, 2.05) is 6.08 Å². The highest BCUT2D eigenvalue weighted by molar-refractivity contribution is 6.25. The van der Waals surface area contributed by atoms with Gasteiger partial charge in [0.1, 0.15) is 6.29 Å². The highest BCUT2D eigenvalue weighted by Crippen LogP contribution is 2.44. The second-order valence-corrected chi connectivity index (χ2v) is 3.96. The summed E-state index contributed by atoms with van der Waals surface area (Å²) in [5.41, 5.74) is 1.40. The van der Waals surface area contributed by atoms with Crippen LogP contribution in [-0.2, 0) is 4.79 Å². The maximum Gasteiger partial charge on any atom is 0.126 e. The van der Waals surface area contributed by atoms with E-state index in [9.17, 15) is 4.79 Å². The number of carbonyl (C=O) groups excluding carboxylic acids is 1. The van der Waals surface area contributed by atoms with Gasteiger partial charge in [-0.1, -0.05) is 31.0 Å². The van der Waals surface area contributed by atoms with Crippen molar-refractivity contribution in [3.05, 3.63) is 11.6 Å². The van der Waals surface area contributed by atoms with Gasteiger partial charge in [0.2, 0.25) is 0 Å². The summed E-state index contributed by atoms with van der Waals surface area (Å²) in [6.45, 7) is 2.16. The third-order valence-corrected chi connectivity index (χ3v) is 3.26. The van der Waals surface area contributed by atoms with E-state index in [0.717, 1.165) is 19.1 Å². The molecular formula is C10H15ClO. The SMILES string of the molecule is CC1CCCC1(C=O)C/C=C/Cl. The second-order valence-electron chi connectivity index (χ2n) is 3.71. The van der Waals surface area contributed by atoms with Crippen LogP contribution in [0.4, 0.5) is 0 Å². The molecule has 2 atom stereocenters. The zero-order valence-electron chi connectivity index (χ0n) is 7.42. The Labute approximate surface area is 78.8 Å². The number of allylic oxidation sites excluding steroid dienone is 1. The summed E-state index contributed by atoms with van der Waals surface area (Å²) >= 11 is 5.45. The summed E-state index contributed by atoms with van der Waals surface area (Å²) < 4.78 is 0. The average molecular weight is 187 g/mol. The Balaban J connectivity index is 2.67. The molecule has 0 radical (unpaired) electrons. The Morgan fingerprint density at radius 2 is 2.42 bits per heavy atom. The first kappa shape index (κ1) is 9.79. The summed E-state index contributed by atoms with van der Waals surface area (Å²) in [5.74, 6) is 0.517. The molecule has 68 valence electrons. The molecule has 0 aromatic rings. The first-order valence-electron chi connectivity index (χ1n) is 4.47. The van der Waals surface area contributed by atoms with Gasteiger partial charge in [0, 0.05) is 11.0 Å². The Hall–Kier alpha value is -0.300. The van der Waals surface area contributed by atoms with Gasteiger partial charge in [0.25, 0.3) is 0 Å². The summed E-state index contributed by atoms with van der Waals surface area (Å²) in [4.78, 5) is 11.0. The minimum Gasteiger partial charge on any atom is -0.303 e. The lowest BCUT2D eigenvalue weighted by atomic mass is 9.77. The average Bonchev–Trinajstić information content (AvgIpc) is 2.45. The molecule has 2 unspecified atom stereocenters. The van der Waals surface area contributed by atoms with Crippen molar-refractivity contribution in [2.24, 2.45) is 11.3 Å². The van der Waals surface area contributed by atoms with Crippen molar-refractivity contribution in [3.8, 4) is 0 Å². The number of rotatable bonds is 3. The molecule has 0 saturated heterocycles. The van der Waals surface area contributed by atoms with Crippen LogP contribution in [0.1, 0.15) is 32.6 Å². The molecule has 0 aromatic carbocycles. The van der Waals surface area contributed by atoms with Gasteiger partial charge in [-0.15, -0.1) is 0 Å². The van der Waals surface area contributed by atoms with Crippen LogP contribution in [0.3, 0.4) is 0 Å². The van der Waals surface area contributed by atoms with Gasteiger partial charge < -0.3 is 4.79 Å². The molecule has 0 amide bonds. The maximum absolute atomic E-state index is 11.0. The normalized spacial score (nSPS) is 36.0. The van der Waals surface area contributed by atoms with Crippen LogP contribution in [0.25, 0.3) is 0 Å². The van der Waals surface area contributed by atoms with Gasteiger partial charge in [0.15, 0.2) is 0 Å².